The third-order valence-electron chi connectivity index (χ3n) is 4.54. The Balaban J connectivity index is 1.95. The molecule has 0 saturated heterocycles. The van der Waals surface area contributed by atoms with Crippen LogP contribution in [0.15, 0.2) is 54.6 Å². The molecule has 2 aromatic carbocycles. The number of pyridine rings is 1. The Bertz CT molecular complexity index is 958. The third-order valence-corrected chi connectivity index (χ3v) is 4.54. The number of hydrogen-bond donors (Lipinski definition) is 1. The van der Waals surface area contributed by atoms with Gasteiger partial charge in [0.15, 0.2) is 0 Å². The van der Waals surface area contributed by atoms with E-state index in [9.17, 15) is 4.79 Å². The Morgan fingerprint density at radius 3 is 2.58 bits per heavy atom. The maximum Gasteiger partial charge on any atom is 0.252 e. The smallest absolute Gasteiger partial charge is 0.252 e. The highest BCUT2D eigenvalue weighted by atomic mass is 16.1. The summed E-state index contributed by atoms with van der Waals surface area (Å²) in [6.07, 6.45) is 3.95. The predicted octanol–water partition coefficient (Wildman–Crippen LogP) is 4.08. The topological polar surface area (TPSA) is 42.0 Å². The van der Waals surface area contributed by atoms with Gasteiger partial charge in [-0.05, 0) is 41.7 Å². The minimum atomic E-state index is -0.0363. The van der Waals surface area contributed by atoms with Crippen LogP contribution in [0.25, 0.3) is 22.6 Å². The number of aromatic nitrogens is 1. The van der Waals surface area contributed by atoms with Crippen molar-refractivity contribution in [2.45, 2.75) is 12.8 Å². The number of para-hydroxylation sites is 1. The molecule has 0 unspecified atom stereocenters. The molecule has 3 heteroatoms. The van der Waals surface area contributed by atoms with Crippen molar-refractivity contribution in [2.75, 3.05) is 7.05 Å². The van der Waals surface area contributed by atoms with Crippen LogP contribution in [0.4, 0.5) is 0 Å². The van der Waals surface area contributed by atoms with E-state index in [1.54, 1.807) is 7.05 Å². The molecule has 0 bridgehead atoms. The number of amides is 1. The molecule has 4 rings (SSSR count). The second kappa shape index (κ2) is 5.93. The van der Waals surface area contributed by atoms with Crippen LogP contribution in [-0.4, -0.2) is 17.9 Å². The van der Waals surface area contributed by atoms with Gasteiger partial charge in [0.1, 0.15) is 0 Å². The highest BCUT2D eigenvalue weighted by molar-refractivity contribution is 6.09. The Hall–Kier alpha value is -2.94. The number of nitrogens with zero attached hydrogens (tertiary/aromatic N) is 1. The Morgan fingerprint density at radius 2 is 1.79 bits per heavy atom. The van der Waals surface area contributed by atoms with Gasteiger partial charge in [-0.15, -0.1) is 0 Å². The monoisotopic (exact) mass is 314 g/mol. The lowest BCUT2D eigenvalue weighted by Crippen LogP contribution is -2.20. The van der Waals surface area contributed by atoms with E-state index in [1.165, 1.54) is 5.57 Å². The van der Waals surface area contributed by atoms with E-state index < -0.39 is 0 Å². The molecule has 1 aliphatic rings. The van der Waals surface area contributed by atoms with Gasteiger partial charge in [0.25, 0.3) is 5.91 Å². The van der Waals surface area contributed by atoms with E-state index in [1.807, 2.05) is 42.5 Å². The largest absolute Gasteiger partial charge is 0.355 e. The van der Waals surface area contributed by atoms with Crippen LogP contribution in [0.3, 0.4) is 0 Å². The fourth-order valence-electron chi connectivity index (χ4n) is 3.41. The van der Waals surface area contributed by atoms with E-state index in [0.29, 0.717) is 0 Å². The van der Waals surface area contributed by atoms with Crippen molar-refractivity contribution in [1.82, 2.24) is 10.3 Å². The molecule has 3 nitrogen and oxygen atoms in total. The van der Waals surface area contributed by atoms with Gasteiger partial charge >= 0.3 is 0 Å². The highest BCUT2D eigenvalue weighted by Crippen LogP contribution is 2.37. The lowest BCUT2D eigenvalue weighted by Gasteiger charge is -2.11. The fraction of sp³-hybridized carbons (Fsp3) is 0.143. The Labute approximate surface area is 141 Å². The SMILES string of the molecule is CNC(=O)c1c2c(nc3ccccc13)/C(=C\c1ccccc1)CC2. The molecule has 0 aliphatic heterocycles. The molecular formula is C21H18N2O. The summed E-state index contributed by atoms with van der Waals surface area (Å²) in [5.74, 6) is -0.0363. The third kappa shape index (κ3) is 2.38. The standard InChI is InChI=1S/C21H18N2O/c1-22-21(24)19-16-9-5-6-10-18(16)23-20-15(11-12-17(19)20)13-14-7-3-2-4-8-14/h2-10,13H,11-12H2,1H3,(H,22,24)/b15-13-. The minimum Gasteiger partial charge on any atom is -0.355 e. The normalized spacial score (nSPS) is 14.8. The molecule has 1 aromatic heterocycles. The molecule has 1 amide bonds. The number of carbonyl (C=O) groups excluding carboxylic acids is 1. The van der Waals surface area contributed by atoms with E-state index in [-0.39, 0.29) is 5.91 Å². The van der Waals surface area contributed by atoms with Crippen molar-refractivity contribution >= 4 is 28.5 Å². The van der Waals surface area contributed by atoms with Gasteiger partial charge in [-0.1, -0.05) is 48.5 Å². The number of allylic oxidation sites excluding steroid dienone is 1. The van der Waals surface area contributed by atoms with E-state index in [2.05, 4.69) is 23.5 Å². The summed E-state index contributed by atoms with van der Waals surface area (Å²) in [5, 5.41) is 3.71. The number of benzene rings is 2. The Kier molecular flexibility index (Phi) is 3.62. The average molecular weight is 314 g/mol. The maximum absolute atomic E-state index is 12.5. The molecule has 0 fully saturated rings. The first-order valence-electron chi connectivity index (χ1n) is 8.17. The van der Waals surface area contributed by atoms with Gasteiger partial charge in [-0.2, -0.15) is 0 Å². The van der Waals surface area contributed by atoms with Crippen LogP contribution in [-0.2, 0) is 6.42 Å². The molecule has 0 radical (unpaired) electrons. The first-order chi connectivity index (χ1) is 11.8. The first kappa shape index (κ1) is 14.6. The first-order valence-corrected chi connectivity index (χ1v) is 8.17. The van der Waals surface area contributed by atoms with Crippen molar-refractivity contribution < 1.29 is 4.79 Å². The number of fused-ring (bicyclic) bond motifs is 2. The second-order valence-corrected chi connectivity index (χ2v) is 5.99. The average Bonchev–Trinajstić information content (AvgIpc) is 3.02. The zero-order chi connectivity index (χ0) is 16.5. The quantitative estimate of drug-likeness (QED) is 0.774. The summed E-state index contributed by atoms with van der Waals surface area (Å²) < 4.78 is 0. The molecule has 1 aliphatic carbocycles. The van der Waals surface area contributed by atoms with Gasteiger partial charge in [0.05, 0.1) is 16.8 Å². The van der Waals surface area contributed by atoms with Crippen molar-refractivity contribution in [3.05, 3.63) is 77.0 Å². The molecule has 24 heavy (non-hydrogen) atoms. The summed E-state index contributed by atoms with van der Waals surface area (Å²) >= 11 is 0. The molecule has 0 atom stereocenters. The molecule has 3 aromatic rings. The lowest BCUT2D eigenvalue weighted by atomic mass is 10.00. The van der Waals surface area contributed by atoms with E-state index in [0.717, 1.165) is 46.1 Å². The van der Waals surface area contributed by atoms with Gasteiger partial charge in [0.2, 0.25) is 0 Å². The maximum atomic E-state index is 12.5. The minimum absolute atomic E-state index is 0.0363. The van der Waals surface area contributed by atoms with Crippen LogP contribution >= 0.6 is 0 Å². The number of nitrogens with one attached hydrogen (secondary N) is 1. The molecule has 0 saturated carbocycles. The van der Waals surface area contributed by atoms with Crippen LogP contribution in [0, 0.1) is 0 Å². The zero-order valence-electron chi connectivity index (χ0n) is 13.5. The van der Waals surface area contributed by atoms with Crippen LogP contribution in [0.1, 0.15) is 33.6 Å². The lowest BCUT2D eigenvalue weighted by molar-refractivity contribution is 0.0964. The number of hydrogen-bond acceptors (Lipinski definition) is 2. The zero-order valence-corrected chi connectivity index (χ0v) is 13.5. The molecule has 1 heterocycles. The second-order valence-electron chi connectivity index (χ2n) is 5.99. The van der Waals surface area contributed by atoms with Gasteiger partial charge in [-0.3, -0.25) is 4.79 Å². The fourth-order valence-corrected chi connectivity index (χ4v) is 3.41. The van der Waals surface area contributed by atoms with Gasteiger partial charge < -0.3 is 5.32 Å². The van der Waals surface area contributed by atoms with Crippen LogP contribution in [0.5, 0.6) is 0 Å². The van der Waals surface area contributed by atoms with E-state index >= 15 is 0 Å². The molecule has 1 N–H and O–H groups in total. The molecule has 0 spiro atoms. The summed E-state index contributed by atoms with van der Waals surface area (Å²) in [6, 6.07) is 18.1. The summed E-state index contributed by atoms with van der Waals surface area (Å²) in [5.41, 5.74) is 6.04. The van der Waals surface area contributed by atoms with Crippen LogP contribution in [0.2, 0.25) is 0 Å². The molecule has 118 valence electrons. The van der Waals surface area contributed by atoms with Crippen molar-refractivity contribution in [1.29, 1.82) is 0 Å². The van der Waals surface area contributed by atoms with Gasteiger partial charge in [-0.25, -0.2) is 4.98 Å². The highest BCUT2D eigenvalue weighted by Gasteiger charge is 2.26. The van der Waals surface area contributed by atoms with Crippen molar-refractivity contribution in [3.63, 3.8) is 0 Å². The van der Waals surface area contributed by atoms with Crippen molar-refractivity contribution in [2.24, 2.45) is 0 Å². The van der Waals surface area contributed by atoms with Crippen LogP contribution < -0.4 is 5.32 Å². The van der Waals surface area contributed by atoms with Crippen molar-refractivity contribution in [3.8, 4) is 0 Å². The van der Waals surface area contributed by atoms with E-state index in [4.69, 9.17) is 4.98 Å². The summed E-state index contributed by atoms with van der Waals surface area (Å²) in [6.45, 7) is 0. The number of rotatable bonds is 2. The predicted molar refractivity (Wildman–Crippen MR) is 97.8 cm³/mol. The van der Waals surface area contributed by atoms with Gasteiger partial charge in [0, 0.05) is 12.4 Å². The number of carbonyl (C=O) groups is 1. The Morgan fingerprint density at radius 1 is 1.04 bits per heavy atom. The summed E-state index contributed by atoms with van der Waals surface area (Å²) in [7, 11) is 1.68. The summed E-state index contributed by atoms with van der Waals surface area (Å²) in [4.78, 5) is 17.4. The molecular weight excluding hydrogens is 296 g/mol.